The van der Waals surface area contributed by atoms with Gasteiger partial charge in [0.25, 0.3) is 0 Å². The fourth-order valence-corrected chi connectivity index (χ4v) is 2.90. The Balaban J connectivity index is 1.84. The van der Waals surface area contributed by atoms with Crippen molar-refractivity contribution in [1.29, 1.82) is 0 Å². The number of pyridine rings is 2. The minimum absolute atomic E-state index is 0.114. The molecule has 0 fully saturated rings. The molecule has 4 nitrogen and oxygen atoms in total. The molecule has 2 unspecified atom stereocenters. The molecule has 2 heterocycles. The second-order valence-electron chi connectivity index (χ2n) is 8.39. The summed E-state index contributed by atoms with van der Waals surface area (Å²) in [5, 5.41) is 0. The van der Waals surface area contributed by atoms with E-state index in [0.717, 1.165) is 43.1 Å². The summed E-state index contributed by atoms with van der Waals surface area (Å²) in [5.74, 6) is 2.84. The summed E-state index contributed by atoms with van der Waals surface area (Å²) in [6, 6.07) is 12.1. The van der Waals surface area contributed by atoms with Crippen molar-refractivity contribution in [2.75, 3.05) is 6.61 Å². The minimum atomic E-state index is 0.114. The molecule has 0 radical (unpaired) electrons. The van der Waals surface area contributed by atoms with Gasteiger partial charge in [0.2, 0.25) is 11.8 Å². The second kappa shape index (κ2) is 11.0. The molecule has 2 aromatic rings. The monoisotopic (exact) mass is 384 g/mol. The SMILES string of the molecule is CC(C)CCOc1cccc(C(C)CCC(C)Oc2cccc(C(C)C)n2)n1. The predicted molar refractivity (Wildman–Crippen MR) is 115 cm³/mol. The summed E-state index contributed by atoms with van der Waals surface area (Å²) < 4.78 is 11.8. The Bertz CT molecular complexity index is 715. The quantitative estimate of drug-likeness (QED) is 0.451. The molecule has 0 spiro atoms. The zero-order valence-corrected chi connectivity index (χ0v) is 18.3. The van der Waals surface area contributed by atoms with Gasteiger partial charge in [-0.2, -0.15) is 0 Å². The lowest BCUT2D eigenvalue weighted by Gasteiger charge is -2.18. The number of nitrogens with zero attached hydrogens (tertiary/aromatic N) is 2. The Hall–Kier alpha value is -2.10. The van der Waals surface area contributed by atoms with Gasteiger partial charge in [-0.3, -0.25) is 0 Å². The first-order chi connectivity index (χ1) is 13.3. The smallest absolute Gasteiger partial charge is 0.213 e. The third-order valence-corrected chi connectivity index (χ3v) is 4.86. The molecule has 2 atom stereocenters. The van der Waals surface area contributed by atoms with Crippen molar-refractivity contribution in [2.24, 2.45) is 5.92 Å². The van der Waals surface area contributed by atoms with Gasteiger partial charge in [-0.25, -0.2) is 9.97 Å². The van der Waals surface area contributed by atoms with Crippen molar-refractivity contribution in [3.05, 3.63) is 47.8 Å². The lowest BCUT2D eigenvalue weighted by Crippen LogP contribution is -2.14. The number of hydrogen-bond donors (Lipinski definition) is 0. The Morgan fingerprint density at radius 3 is 2.07 bits per heavy atom. The summed E-state index contributed by atoms with van der Waals surface area (Å²) in [5.41, 5.74) is 2.14. The highest BCUT2D eigenvalue weighted by atomic mass is 16.5. The lowest BCUT2D eigenvalue weighted by molar-refractivity contribution is 0.196. The number of aromatic nitrogens is 2. The van der Waals surface area contributed by atoms with Crippen molar-refractivity contribution in [3.63, 3.8) is 0 Å². The van der Waals surface area contributed by atoms with Crippen LogP contribution < -0.4 is 9.47 Å². The van der Waals surface area contributed by atoms with Gasteiger partial charge in [0, 0.05) is 23.5 Å². The first-order valence-corrected chi connectivity index (χ1v) is 10.6. The maximum Gasteiger partial charge on any atom is 0.213 e. The van der Waals surface area contributed by atoms with Gasteiger partial charge in [-0.05, 0) is 56.1 Å². The van der Waals surface area contributed by atoms with E-state index in [1.807, 2.05) is 30.3 Å². The third kappa shape index (κ3) is 7.49. The van der Waals surface area contributed by atoms with E-state index < -0.39 is 0 Å². The summed E-state index contributed by atoms with van der Waals surface area (Å²) in [4.78, 5) is 9.29. The molecule has 0 bridgehead atoms. The predicted octanol–water partition coefficient (Wildman–Crippen LogP) is 6.38. The van der Waals surface area contributed by atoms with E-state index in [1.165, 1.54) is 0 Å². The van der Waals surface area contributed by atoms with Crippen molar-refractivity contribution in [1.82, 2.24) is 9.97 Å². The zero-order chi connectivity index (χ0) is 20.5. The topological polar surface area (TPSA) is 44.2 Å². The molecule has 28 heavy (non-hydrogen) atoms. The highest BCUT2D eigenvalue weighted by Crippen LogP contribution is 2.23. The first kappa shape index (κ1) is 22.2. The normalized spacial score (nSPS) is 13.6. The molecular formula is C24H36N2O2. The Morgan fingerprint density at radius 2 is 1.39 bits per heavy atom. The van der Waals surface area contributed by atoms with Gasteiger partial charge in [-0.1, -0.05) is 46.8 Å². The van der Waals surface area contributed by atoms with Crippen LogP contribution in [0, 0.1) is 5.92 Å². The second-order valence-corrected chi connectivity index (χ2v) is 8.39. The Kier molecular flexibility index (Phi) is 8.75. The summed E-state index contributed by atoms with van der Waals surface area (Å²) in [6.07, 6.45) is 3.12. The van der Waals surface area contributed by atoms with Crippen molar-refractivity contribution in [2.45, 2.75) is 78.7 Å². The van der Waals surface area contributed by atoms with E-state index in [0.29, 0.717) is 23.6 Å². The third-order valence-electron chi connectivity index (χ3n) is 4.86. The van der Waals surface area contributed by atoms with E-state index in [4.69, 9.17) is 9.47 Å². The maximum atomic E-state index is 6.03. The molecule has 4 heteroatoms. The highest BCUT2D eigenvalue weighted by Gasteiger charge is 2.13. The first-order valence-electron chi connectivity index (χ1n) is 10.6. The number of hydrogen-bond acceptors (Lipinski definition) is 4. The van der Waals surface area contributed by atoms with Crippen molar-refractivity contribution >= 4 is 0 Å². The van der Waals surface area contributed by atoms with E-state index >= 15 is 0 Å². The molecule has 2 aromatic heterocycles. The largest absolute Gasteiger partial charge is 0.478 e. The average Bonchev–Trinajstić information content (AvgIpc) is 2.66. The fourth-order valence-electron chi connectivity index (χ4n) is 2.90. The van der Waals surface area contributed by atoms with Gasteiger partial charge in [-0.15, -0.1) is 0 Å². The van der Waals surface area contributed by atoms with Gasteiger partial charge in [0.05, 0.1) is 12.7 Å². The van der Waals surface area contributed by atoms with Crippen LogP contribution in [0.4, 0.5) is 0 Å². The number of ether oxygens (including phenoxy) is 2. The molecular weight excluding hydrogens is 348 g/mol. The average molecular weight is 385 g/mol. The van der Waals surface area contributed by atoms with Crippen LogP contribution in [0.5, 0.6) is 11.8 Å². The van der Waals surface area contributed by atoms with Crippen LogP contribution in [0.15, 0.2) is 36.4 Å². The molecule has 154 valence electrons. The van der Waals surface area contributed by atoms with Gasteiger partial charge >= 0.3 is 0 Å². The van der Waals surface area contributed by atoms with E-state index in [9.17, 15) is 0 Å². The Labute approximate surface area is 170 Å². The van der Waals surface area contributed by atoms with Crippen LogP contribution in [-0.2, 0) is 0 Å². The molecule has 0 N–H and O–H groups in total. The molecule has 0 aliphatic heterocycles. The van der Waals surface area contributed by atoms with Crippen LogP contribution >= 0.6 is 0 Å². The summed E-state index contributed by atoms with van der Waals surface area (Å²) in [6.45, 7) is 13.7. The minimum Gasteiger partial charge on any atom is -0.478 e. The zero-order valence-electron chi connectivity index (χ0n) is 18.3. The number of rotatable bonds is 11. The maximum absolute atomic E-state index is 6.03. The fraction of sp³-hybridized carbons (Fsp3) is 0.583. The highest BCUT2D eigenvalue weighted by molar-refractivity contribution is 5.19. The van der Waals surface area contributed by atoms with Crippen LogP contribution in [-0.4, -0.2) is 22.7 Å². The molecule has 0 saturated carbocycles. The summed E-state index contributed by atoms with van der Waals surface area (Å²) in [7, 11) is 0. The van der Waals surface area contributed by atoms with E-state index in [-0.39, 0.29) is 6.10 Å². The molecule has 0 saturated heterocycles. The van der Waals surface area contributed by atoms with Crippen LogP contribution in [0.25, 0.3) is 0 Å². The lowest BCUT2D eigenvalue weighted by atomic mass is 9.99. The van der Waals surface area contributed by atoms with Crippen LogP contribution in [0.2, 0.25) is 0 Å². The van der Waals surface area contributed by atoms with Crippen LogP contribution in [0.1, 0.15) is 84.0 Å². The molecule has 0 aromatic carbocycles. The van der Waals surface area contributed by atoms with Gasteiger partial charge < -0.3 is 9.47 Å². The van der Waals surface area contributed by atoms with Crippen molar-refractivity contribution in [3.8, 4) is 11.8 Å². The van der Waals surface area contributed by atoms with Gasteiger partial charge in [0.15, 0.2) is 0 Å². The van der Waals surface area contributed by atoms with Gasteiger partial charge in [0.1, 0.15) is 0 Å². The molecule has 0 aliphatic rings. The molecule has 2 rings (SSSR count). The molecule has 0 aliphatic carbocycles. The Morgan fingerprint density at radius 1 is 0.750 bits per heavy atom. The summed E-state index contributed by atoms with van der Waals surface area (Å²) >= 11 is 0. The standard InChI is InChI=1S/C24H36N2O2/c1-17(2)15-16-27-23-11-8-10-22(26-23)19(5)13-14-20(6)28-24-12-7-9-21(25-24)18(3)4/h7-12,17-20H,13-16H2,1-6H3. The van der Waals surface area contributed by atoms with E-state index in [2.05, 4.69) is 57.6 Å². The molecule has 0 amide bonds. The van der Waals surface area contributed by atoms with Crippen molar-refractivity contribution < 1.29 is 9.47 Å². The van der Waals surface area contributed by atoms with E-state index in [1.54, 1.807) is 0 Å². The van der Waals surface area contributed by atoms with Crippen LogP contribution in [0.3, 0.4) is 0 Å².